The van der Waals surface area contributed by atoms with E-state index in [1.54, 1.807) is 0 Å². The standard InChI is InChI=1S/C17H18Cl2/c1-4-12-7-13(9-15(19)8-12)17-10-14(18)5-6-16(17)11(2)3/h5-11H,4H2,1-3H3. The molecule has 2 aromatic rings. The van der Waals surface area contributed by atoms with Gasteiger partial charge in [0.25, 0.3) is 0 Å². The van der Waals surface area contributed by atoms with Crippen molar-refractivity contribution in [2.24, 2.45) is 0 Å². The zero-order valence-corrected chi connectivity index (χ0v) is 13.0. The molecule has 0 bridgehead atoms. The van der Waals surface area contributed by atoms with E-state index in [0.29, 0.717) is 5.92 Å². The number of benzene rings is 2. The molecule has 0 N–H and O–H groups in total. The van der Waals surface area contributed by atoms with Crippen LogP contribution in [0.4, 0.5) is 0 Å². The molecule has 100 valence electrons. The maximum atomic E-state index is 6.22. The lowest BCUT2D eigenvalue weighted by Gasteiger charge is -2.14. The van der Waals surface area contributed by atoms with Crippen LogP contribution in [-0.4, -0.2) is 0 Å². The largest absolute Gasteiger partial charge is 0.0843 e. The van der Waals surface area contributed by atoms with E-state index in [-0.39, 0.29) is 0 Å². The molecule has 0 radical (unpaired) electrons. The van der Waals surface area contributed by atoms with Gasteiger partial charge in [-0.25, -0.2) is 0 Å². The Morgan fingerprint density at radius 1 is 0.947 bits per heavy atom. The van der Waals surface area contributed by atoms with E-state index in [1.165, 1.54) is 16.7 Å². The molecular weight excluding hydrogens is 275 g/mol. The number of hydrogen-bond donors (Lipinski definition) is 0. The Bertz CT molecular complexity index is 586. The molecular formula is C17H18Cl2. The first-order chi connectivity index (χ1) is 9.01. The normalized spacial score (nSPS) is 11.1. The molecule has 19 heavy (non-hydrogen) atoms. The Morgan fingerprint density at radius 2 is 1.68 bits per heavy atom. The summed E-state index contributed by atoms with van der Waals surface area (Å²) < 4.78 is 0. The first kappa shape index (κ1) is 14.4. The molecule has 0 aliphatic rings. The minimum absolute atomic E-state index is 0.455. The minimum Gasteiger partial charge on any atom is -0.0843 e. The molecule has 0 aliphatic carbocycles. The van der Waals surface area contributed by atoms with E-state index in [9.17, 15) is 0 Å². The third kappa shape index (κ3) is 3.32. The Kier molecular flexibility index (Phi) is 4.54. The molecule has 0 saturated carbocycles. The molecule has 2 heteroatoms. The van der Waals surface area contributed by atoms with Crippen LogP contribution in [0, 0.1) is 0 Å². The van der Waals surface area contributed by atoms with E-state index in [4.69, 9.17) is 23.2 Å². The summed E-state index contributed by atoms with van der Waals surface area (Å²) in [7, 11) is 0. The molecule has 0 nitrogen and oxygen atoms in total. The van der Waals surface area contributed by atoms with Gasteiger partial charge in [0.05, 0.1) is 0 Å². The van der Waals surface area contributed by atoms with Gasteiger partial charge in [-0.3, -0.25) is 0 Å². The van der Waals surface area contributed by atoms with Crippen molar-refractivity contribution >= 4 is 23.2 Å². The average molecular weight is 293 g/mol. The van der Waals surface area contributed by atoms with E-state index in [0.717, 1.165) is 22.0 Å². The number of halogens is 2. The summed E-state index contributed by atoms with van der Waals surface area (Å²) in [6.07, 6.45) is 0.977. The van der Waals surface area contributed by atoms with Gasteiger partial charge in [-0.2, -0.15) is 0 Å². The van der Waals surface area contributed by atoms with Crippen LogP contribution in [0.5, 0.6) is 0 Å². The second-order valence-corrected chi connectivity index (χ2v) is 5.96. The van der Waals surface area contributed by atoms with Gasteiger partial charge in [-0.05, 0) is 58.9 Å². The van der Waals surface area contributed by atoms with Crippen molar-refractivity contribution in [2.75, 3.05) is 0 Å². The lowest BCUT2D eigenvalue weighted by Crippen LogP contribution is -1.93. The van der Waals surface area contributed by atoms with Crippen molar-refractivity contribution < 1.29 is 0 Å². The van der Waals surface area contributed by atoms with Crippen molar-refractivity contribution in [1.82, 2.24) is 0 Å². The summed E-state index contributed by atoms with van der Waals surface area (Å²) in [4.78, 5) is 0. The van der Waals surface area contributed by atoms with Gasteiger partial charge < -0.3 is 0 Å². The summed E-state index contributed by atoms with van der Waals surface area (Å²) in [5.74, 6) is 0.455. The predicted molar refractivity (Wildman–Crippen MR) is 85.4 cm³/mol. The van der Waals surface area contributed by atoms with Crippen LogP contribution in [0.1, 0.15) is 37.8 Å². The first-order valence-electron chi connectivity index (χ1n) is 6.60. The summed E-state index contributed by atoms with van der Waals surface area (Å²) in [5.41, 5.74) is 4.88. The van der Waals surface area contributed by atoms with Gasteiger partial charge in [0.1, 0.15) is 0 Å². The van der Waals surface area contributed by atoms with Crippen LogP contribution < -0.4 is 0 Å². The van der Waals surface area contributed by atoms with Gasteiger partial charge in [-0.15, -0.1) is 0 Å². The zero-order chi connectivity index (χ0) is 14.0. The van der Waals surface area contributed by atoms with Crippen LogP contribution in [-0.2, 0) is 6.42 Å². The highest BCUT2D eigenvalue weighted by atomic mass is 35.5. The van der Waals surface area contributed by atoms with Crippen molar-refractivity contribution in [1.29, 1.82) is 0 Å². The number of rotatable bonds is 3. The van der Waals surface area contributed by atoms with Crippen molar-refractivity contribution in [3.63, 3.8) is 0 Å². The molecule has 0 unspecified atom stereocenters. The SMILES string of the molecule is CCc1cc(Cl)cc(-c2cc(Cl)ccc2C(C)C)c1. The van der Waals surface area contributed by atoms with E-state index < -0.39 is 0 Å². The minimum atomic E-state index is 0.455. The van der Waals surface area contributed by atoms with Gasteiger partial charge in [0.15, 0.2) is 0 Å². The summed E-state index contributed by atoms with van der Waals surface area (Å²) in [5, 5.41) is 1.54. The maximum Gasteiger partial charge on any atom is 0.0414 e. The number of hydrogen-bond acceptors (Lipinski definition) is 0. The molecule has 0 aliphatic heterocycles. The van der Waals surface area contributed by atoms with E-state index in [1.807, 2.05) is 24.3 Å². The fraction of sp³-hybridized carbons (Fsp3) is 0.294. The van der Waals surface area contributed by atoms with Crippen LogP contribution >= 0.6 is 23.2 Å². The van der Waals surface area contributed by atoms with Crippen LogP contribution in [0.2, 0.25) is 10.0 Å². The van der Waals surface area contributed by atoms with Gasteiger partial charge in [-0.1, -0.05) is 56.1 Å². The van der Waals surface area contributed by atoms with Crippen LogP contribution in [0.3, 0.4) is 0 Å². The lowest BCUT2D eigenvalue weighted by molar-refractivity contribution is 0.869. The second kappa shape index (κ2) is 5.98. The molecule has 0 saturated heterocycles. The van der Waals surface area contributed by atoms with Crippen LogP contribution in [0.25, 0.3) is 11.1 Å². The molecule has 2 rings (SSSR count). The highest BCUT2D eigenvalue weighted by Crippen LogP contribution is 2.33. The molecule has 0 aromatic heterocycles. The van der Waals surface area contributed by atoms with Gasteiger partial charge in [0, 0.05) is 10.0 Å². The number of aryl methyl sites for hydroxylation is 1. The topological polar surface area (TPSA) is 0 Å². The third-order valence-electron chi connectivity index (χ3n) is 3.31. The molecule has 0 spiro atoms. The fourth-order valence-electron chi connectivity index (χ4n) is 2.29. The summed E-state index contributed by atoms with van der Waals surface area (Å²) in [6.45, 7) is 6.52. The van der Waals surface area contributed by atoms with Crippen molar-refractivity contribution in [3.05, 3.63) is 57.6 Å². The lowest BCUT2D eigenvalue weighted by atomic mass is 9.92. The Balaban J connectivity index is 2.63. The monoisotopic (exact) mass is 292 g/mol. The maximum absolute atomic E-state index is 6.22. The van der Waals surface area contributed by atoms with Crippen molar-refractivity contribution in [2.45, 2.75) is 33.1 Å². The van der Waals surface area contributed by atoms with Crippen LogP contribution in [0.15, 0.2) is 36.4 Å². The highest BCUT2D eigenvalue weighted by Gasteiger charge is 2.10. The third-order valence-corrected chi connectivity index (χ3v) is 3.77. The smallest absolute Gasteiger partial charge is 0.0414 e. The first-order valence-corrected chi connectivity index (χ1v) is 7.36. The highest BCUT2D eigenvalue weighted by molar-refractivity contribution is 6.31. The second-order valence-electron chi connectivity index (χ2n) is 5.09. The zero-order valence-electron chi connectivity index (χ0n) is 11.5. The quantitative estimate of drug-likeness (QED) is 0.619. The van der Waals surface area contributed by atoms with E-state index >= 15 is 0 Å². The molecule has 2 aromatic carbocycles. The summed E-state index contributed by atoms with van der Waals surface area (Å²) in [6, 6.07) is 12.3. The Labute approximate surface area is 125 Å². The van der Waals surface area contributed by atoms with E-state index in [2.05, 4.69) is 32.9 Å². The van der Waals surface area contributed by atoms with Gasteiger partial charge in [0.2, 0.25) is 0 Å². The molecule has 0 heterocycles. The predicted octanol–water partition coefficient (Wildman–Crippen LogP) is 6.35. The average Bonchev–Trinajstić information content (AvgIpc) is 2.37. The molecule has 0 atom stereocenters. The van der Waals surface area contributed by atoms with Gasteiger partial charge >= 0.3 is 0 Å². The fourth-order valence-corrected chi connectivity index (χ4v) is 2.72. The molecule has 0 amide bonds. The summed E-state index contributed by atoms with van der Waals surface area (Å²) >= 11 is 12.4. The Morgan fingerprint density at radius 3 is 2.32 bits per heavy atom. The molecule has 0 fully saturated rings. The van der Waals surface area contributed by atoms with Crippen molar-refractivity contribution in [3.8, 4) is 11.1 Å². The Hall–Kier alpha value is -0.980.